The van der Waals surface area contributed by atoms with E-state index in [1.807, 2.05) is 38.1 Å². The number of hydrogen-bond acceptors (Lipinski definition) is 4. The van der Waals surface area contributed by atoms with Crippen LogP contribution in [0.2, 0.25) is 0 Å². The number of ether oxygens (including phenoxy) is 1. The van der Waals surface area contributed by atoms with Gasteiger partial charge in [-0.1, -0.05) is 50.6 Å². The van der Waals surface area contributed by atoms with E-state index in [0.29, 0.717) is 39.3 Å². The van der Waals surface area contributed by atoms with Crippen LogP contribution in [0.25, 0.3) is 0 Å². The summed E-state index contributed by atoms with van der Waals surface area (Å²) in [6.07, 6.45) is 5.31. The van der Waals surface area contributed by atoms with Crippen molar-refractivity contribution in [1.29, 1.82) is 0 Å². The maximum atomic E-state index is 13.6. The molecule has 0 aliphatic carbocycles. The van der Waals surface area contributed by atoms with Gasteiger partial charge in [0, 0.05) is 12.0 Å². The molecule has 0 radical (unpaired) electrons. The highest BCUT2D eigenvalue weighted by Crippen LogP contribution is 2.37. The number of halogens is 1. The first kappa shape index (κ1) is 27.1. The lowest BCUT2D eigenvalue weighted by molar-refractivity contribution is -0.135. The second-order valence-electron chi connectivity index (χ2n) is 11.1. The van der Waals surface area contributed by atoms with Crippen LogP contribution in [0.4, 0.5) is 4.39 Å². The number of fused-ring (bicyclic) bond motifs is 1. The molecule has 2 amide bonds. The summed E-state index contributed by atoms with van der Waals surface area (Å²) in [6.45, 7) is 7.11. The van der Waals surface area contributed by atoms with E-state index < -0.39 is 0 Å². The van der Waals surface area contributed by atoms with Crippen LogP contribution >= 0.6 is 0 Å². The quantitative estimate of drug-likeness (QED) is 0.633. The molecular weight excluding hydrogens is 469 g/mol. The summed E-state index contributed by atoms with van der Waals surface area (Å²) in [5, 5.41) is 6.14. The topological polar surface area (TPSA) is 70.7 Å². The zero-order valence-electron chi connectivity index (χ0n) is 22.2. The molecule has 200 valence electrons. The first-order chi connectivity index (χ1) is 17.8. The lowest BCUT2D eigenvalue weighted by Crippen LogP contribution is -2.51. The van der Waals surface area contributed by atoms with Crippen molar-refractivity contribution in [1.82, 2.24) is 15.5 Å². The highest BCUT2D eigenvalue weighted by molar-refractivity contribution is 5.83. The Bertz CT molecular complexity index is 1080. The molecule has 2 N–H and O–H groups in total. The molecule has 1 fully saturated rings. The van der Waals surface area contributed by atoms with Crippen LogP contribution in [0.3, 0.4) is 0 Å². The average molecular weight is 510 g/mol. The molecule has 4 rings (SSSR count). The van der Waals surface area contributed by atoms with Crippen molar-refractivity contribution in [3.8, 4) is 5.75 Å². The zero-order valence-corrected chi connectivity index (χ0v) is 22.2. The normalized spacial score (nSPS) is 19.1. The maximum absolute atomic E-state index is 13.6. The Labute approximate surface area is 220 Å². The van der Waals surface area contributed by atoms with Crippen molar-refractivity contribution in [2.75, 3.05) is 39.3 Å². The summed E-state index contributed by atoms with van der Waals surface area (Å²) < 4.78 is 19.6. The van der Waals surface area contributed by atoms with E-state index in [4.69, 9.17) is 4.74 Å². The molecule has 1 spiro atoms. The van der Waals surface area contributed by atoms with E-state index >= 15 is 0 Å². The number of piperidine rings is 1. The van der Waals surface area contributed by atoms with E-state index in [-0.39, 0.29) is 28.5 Å². The number of amides is 2. The summed E-state index contributed by atoms with van der Waals surface area (Å²) in [7, 11) is 0. The van der Waals surface area contributed by atoms with Gasteiger partial charge in [0.15, 0.2) is 0 Å². The molecular formula is C30H40FN3O3. The molecule has 2 heterocycles. The van der Waals surface area contributed by atoms with Gasteiger partial charge in [0.2, 0.25) is 11.8 Å². The highest BCUT2D eigenvalue weighted by atomic mass is 19.1. The van der Waals surface area contributed by atoms with Gasteiger partial charge in [-0.15, -0.1) is 0 Å². The van der Waals surface area contributed by atoms with Crippen LogP contribution in [0.1, 0.15) is 57.1 Å². The average Bonchev–Trinajstić information content (AvgIpc) is 2.89. The van der Waals surface area contributed by atoms with Crippen LogP contribution in [-0.2, 0) is 21.4 Å². The van der Waals surface area contributed by atoms with E-state index in [9.17, 15) is 14.0 Å². The Balaban J connectivity index is 1.28. The summed E-state index contributed by atoms with van der Waals surface area (Å²) in [4.78, 5) is 28.1. The van der Waals surface area contributed by atoms with Gasteiger partial charge in [-0.05, 0) is 74.5 Å². The third-order valence-electron chi connectivity index (χ3n) is 7.96. The molecule has 2 aliphatic heterocycles. The fourth-order valence-corrected chi connectivity index (χ4v) is 5.46. The fraction of sp³-hybridized carbons (Fsp3) is 0.533. The predicted molar refractivity (Wildman–Crippen MR) is 143 cm³/mol. The minimum atomic E-state index is -0.384. The maximum Gasteiger partial charge on any atom is 0.234 e. The number of likely N-dealkylation sites (tertiary alicyclic amines) is 1. The molecule has 0 bridgehead atoms. The first-order valence-electron chi connectivity index (χ1n) is 13.5. The molecule has 6 nitrogen and oxygen atoms in total. The number of aryl methyl sites for hydroxylation is 1. The monoisotopic (exact) mass is 509 g/mol. The standard InChI is InChI=1S/C30H40FN3O3/c1-29(2,24-10-7-11-25(31)20-24)22-33-27(35)21-34-17-14-30(15-18-34)13-6-5-9-23-8-3-4-12-26(23)37-19-16-32-28(30)36/h3-4,7-8,10-12,20H,5-6,9,13-19,21-22H2,1-2H3,(H,32,36)(H,33,35). The molecule has 2 aromatic rings. The summed E-state index contributed by atoms with van der Waals surface area (Å²) in [6, 6.07) is 14.7. The Morgan fingerprint density at radius 2 is 1.89 bits per heavy atom. The molecule has 0 aromatic heterocycles. The molecule has 1 saturated heterocycles. The zero-order chi connectivity index (χ0) is 26.3. The largest absolute Gasteiger partial charge is 0.491 e. The molecule has 2 aromatic carbocycles. The predicted octanol–water partition coefficient (Wildman–Crippen LogP) is 4.22. The number of nitrogens with zero attached hydrogens (tertiary/aromatic N) is 1. The molecule has 2 aliphatic rings. The SMILES string of the molecule is CC(C)(CNC(=O)CN1CCC2(CCCCc3ccccc3OCCNC2=O)CC1)c1cccc(F)c1. The number of rotatable bonds is 5. The number of hydrogen-bond donors (Lipinski definition) is 2. The van der Waals surface area contributed by atoms with Crippen molar-refractivity contribution in [2.45, 2.75) is 57.8 Å². The molecule has 7 heteroatoms. The number of benzene rings is 2. The van der Waals surface area contributed by atoms with Crippen molar-refractivity contribution in [3.63, 3.8) is 0 Å². The molecule has 37 heavy (non-hydrogen) atoms. The van der Waals surface area contributed by atoms with Crippen LogP contribution in [0.5, 0.6) is 5.75 Å². The van der Waals surface area contributed by atoms with Gasteiger partial charge in [-0.3, -0.25) is 14.5 Å². The second kappa shape index (κ2) is 12.1. The Morgan fingerprint density at radius 1 is 1.11 bits per heavy atom. The second-order valence-corrected chi connectivity index (χ2v) is 11.1. The van der Waals surface area contributed by atoms with E-state index in [2.05, 4.69) is 21.6 Å². The van der Waals surface area contributed by atoms with E-state index in [1.165, 1.54) is 17.7 Å². The number of para-hydroxylation sites is 1. The smallest absolute Gasteiger partial charge is 0.234 e. The van der Waals surface area contributed by atoms with E-state index in [1.54, 1.807) is 6.07 Å². The fourth-order valence-electron chi connectivity index (χ4n) is 5.46. The van der Waals surface area contributed by atoms with Crippen LogP contribution < -0.4 is 15.4 Å². The van der Waals surface area contributed by atoms with Gasteiger partial charge in [-0.25, -0.2) is 4.39 Å². The van der Waals surface area contributed by atoms with Crippen molar-refractivity contribution in [3.05, 3.63) is 65.5 Å². The third kappa shape index (κ3) is 7.10. The van der Waals surface area contributed by atoms with Crippen molar-refractivity contribution in [2.24, 2.45) is 5.41 Å². The lowest BCUT2D eigenvalue weighted by Gasteiger charge is -2.41. The number of carbonyl (C=O) groups is 2. The van der Waals surface area contributed by atoms with Gasteiger partial charge in [0.1, 0.15) is 18.2 Å². The number of carbonyl (C=O) groups excluding carboxylic acids is 2. The minimum absolute atomic E-state index is 0.0422. The Morgan fingerprint density at radius 3 is 2.68 bits per heavy atom. The highest BCUT2D eigenvalue weighted by Gasteiger charge is 2.41. The van der Waals surface area contributed by atoms with Gasteiger partial charge < -0.3 is 15.4 Å². The van der Waals surface area contributed by atoms with Crippen molar-refractivity contribution < 1.29 is 18.7 Å². The minimum Gasteiger partial charge on any atom is -0.491 e. The van der Waals surface area contributed by atoms with Crippen LogP contribution in [0.15, 0.2) is 48.5 Å². The summed E-state index contributed by atoms with van der Waals surface area (Å²) >= 11 is 0. The van der Waals surface area contributed by atoms with Gasteiger partial charge >= 0.3 is 0 Å². The Hall–Kier alpha value is -2.93. The molecule has 0 unspecified atom stereocenters. The number of nitrogens with one attached hydrogen (secondary N) is 2. The van der Waals surface area contributed by atoms with Crippen molar-refractivity contribution >= 4 is 11.8 Å². The lowest BCUT2D eigenvalue weighted by atomic mass is 9.73. The summed E-state index contributed by atoms with van der Waals surface area (Å²) in [5.41, 5.74) is 1.32. The van der Waals surface area contributed by atoms with Crippen LogP contribution in [0, 0.1) is 11.2 Å². The van der Waals surface area contributed by atoms with Crippen LogP contribution in [-0.4, -0.2) is 56.0 Å². The summed E-state index contributed by atoms with van der Waals surface area (Å²) in [5.74, 6) is 0.718. The third-order valence-corrected chi connectivity index (χ3v) is 7.96. The van der Waals surface area contributed by atoms with Gasteiger partial charge in [0.25, 0.3) is 0 Å². The first-order valence-corrected chi connectivity index (χ1v) is 13.5. The Kier molecular flexibility index (Phi) is 8.85. The van der Waals surface area contributed by atoms with Gasteiger partial charge in [-0.2, -0.15) is 0 Å². The van der Waals surface area contributed by atoms with E-state index in [0.717, 1.165) is 49.8 Å². The molecule has 0 atom stereocenters. The molecule has 0 saturated carbocycles. The van der Waals surface area contributed by atoms with Gasteiger partial charge in [0.05, 0.1) is 18.5 Å².